The van der Waals surface area contributed by atoms with Crippen LogP contribution in [0.5, 0.6) is 0 Å². The molecule has 58 valence electrons. The van der Waals surface area contributed by atoms with Crippen molar-refractivity contribution in [3.05, 3.63) is 35.4 Å². The second-order valence-electron chi connectivity index (χ2n) is 2.90. The molecule has 0 saturated carbocycles. The summed E-state index contributed by atoms with van der Waals surface area (Å²) in [6.07, 6.45) is 2.61. The van der Waals surface area contributed by atoms with Gasteiger partial charge in [-0.05, 0) is 31.3 Å². The molecule has 0 amide bonds. The fourth-order valence-corrected chi connectivity index (χ4v) is 3.75. The Hall–Kier alpha value is 0.130. The Morgan fingerprint density at radius 3 is 3.00 bits per heavy atom. The third-order valence-electron chi connectivity index (χ3n) is 2.26. The molecule has 2 heteroatoms. The SMILES string of the molecule is BrPC1CCc2ccccc21. The van der Waals surface area contributed by atoms with Crippen LogP contribution < -0.4 is 0 Å². The van der Waals surface area contributed by atoms with Crippen LogP contribution in [0.1, 0.15) is 23.2 Å². The van der Waals surface area contributed by atoms with Gasteiger partial charge in [0.05, 0.1) is 0 Å². The summed E-state index contributed by atoms with van der Waals surface area (Å²) < 4.78 is 0. The molecule has 1 aliphatic rings. The Bertz CT molecular complexity index is 259. The van der Waals surface area contributed by atoms with Crippen LogP contribution in [0.3, 0.4) is 0 Å². The molecule has 0 aliphatic heterocycles. The summed E-state index contributed by atoms with van der Waals surface area (Å²) in [6.45, 7) is 0. The lowest BCUT2D eigenvalue weighted by molar-refractivity contribution is 0.891. The molecule has 0 fully saturated rings. The van der Waals surface area contributed by atoms with Crippen LogP contribution in [0, 0.1) is 0 Å². The maximum atomic E-state index is 3.57. The minimum absolute atomic E-state index is 0.797. The maximum Gasteiger partial charge on any atom is 0.0118 e. The van der Waals surface area contributed by atoms with Crippen molar-refractivity contribution in [2.24, 2.45) is 0 Å². The maximum absolute atomic E-state index is 3.57. The van der Waals surface area contributed by atoms with Gasteiger partial charge < -0.3 is 0 Å². The van der Waals surface area contributed by atoms with Crippen LogP contribution in [0.15, 0.2) is 24.3 Å². The first-order valence-corrected chi connectivity index (χ1v) is 7.19. The molecule has 0 saturated heterocycles. The van der Waals surface area contributed by atoms with E-state index in [9.17, 15) is 0 Å². The predicted octanol–water partition coefficient (Wildman–Crippen LogP) is 3.66. The monoisotopic (exact) mass is 228 g/mol. The normalized spacial score (nSPS) is 22.8. The topological polar surface area (TPSA) is 0 Å². The van der Waals surface area contributed by atoms with Crippen molar-refractivity contribution in [1.29, 1.82) is 0 Å². The second kappa shape index (κ2) is 3.25. The van der Waals surface area contributed by atoms with Crippen LogP contribution in [0.2, 0.25) is 0 Å². The molecule has 1 aliphatic carbocycles. The van der Waals surface area contributed by atoms with E-state index in [4.69, 9.17) is 0 Å². The van der Waals surface area contributed by atoms with Gasteiger partial charge in [-0.3, -0.25) is 0 Å². The molecule has 1 aromatic carbocycles. The van der Waals surface area contributed by atoms with Crippen molar-refractivity contribution in [3.8, 4) is 0 Å². The molecular weight excluding hydrogens is 219 g/mol. The van der Waals surface area contributed by atoms with E-state index < -0.39 is 0 Å². The Balaban J connectivity index is 2.39. The zero-order chi connectivity index (χ0) is 7.68. The molecule has 0 N–H and O–H groups in total. The van der Waals surface area contributed by atoms with Gasteiger partial charge in [0, 0.05) is 5.66 Å². The number of fused-ring (bicyclic) bond motifs is 1. The van der Waals surface area contributed by atoms with Gasteiger partial charge in [-0.15, -0.1) is 0 Å². The molecule has 0 radical (unpaired) electrons. The first-order chi connectivity index (χ1) is 5.42. The summed E-state index contributed by atoms with van der Waals surface area (Å²) >= 11 is 3.57. The Kier molecular flexibility index (Phi) is 2.29. The van der Waals surface area contributed by atoms with E-state index in [1.807, 2.05) is 0 Å². The lowest BCUT2D eigenvalue weighted by Gasteiger charge is -2.05. The summed E-state index contributed by atoms with van der Waals surface area (Å²) in [7, 11) is 0.891. The van der Waals surface area contributed by atoms with Crippen molar-refractivity contribution in [1.82, 2.24) is 0 Å². The van der Waals surface area contributed by atoms with Gasteiger partial charge in [0.25, 0.3) is 0 Å². The minimum Gasteiger partial charge on any atom is -0.0636 e. The van der Waals surface area contributed by atoms with E-state index in [-0.39, 0.29) is 0 Å². The third-order valence-corrected chi connectivity index (χ3v) is 4.79. The predicted molar refractivity (Wildman–Crippen MR) is 54.7 cm³/mol. The first-order valence-electron chi connectivity index (χ1n) is 3.86. The van der Waals surface area contributed by atoms with E-state index in [1.165, 1.54) is 12.8 Å². The average molecular weight is 229 g/mol. The van der Waals surface area contributed by atoms with Gasteiger partial charge in [0.2, 0.25) is 0 Å². The highest BCUT2D eigenvalue weighted by Crippen LogP contribution is 2.48. The van der Waals surface area contributed by atoms with Gasteiger partial charge in [-0.1, -0.05) is 39.8 Å². The number of rotatable bonds is 1. The average Bonchev–Trinajstić information content (AvgIpc) is 2.47. The molecule has 2 unspecified atom stereocenters. The molecule has 2 atom stereocenters. The van der Waals surface area contributed by atoms with E-state index in [0.717, 1.165) is 12.9 Å². The molecule has 11 heavy (non-hydrogen) atoms. The van der Waals surface area contributed by atoms with E-state index >= 15 is 0 Å². The van der Waals surface area contributed by atoms with Crippen LogP contribution in [-0.4, -0.2) is 0 Å². The van der Waals surface area contributed by atoms with Gasteiger partial charge in [0.15, 0.2) is 0 Å². The smallest absolute Gasteiger partial charge is 0.0118 e. The number of hydrogen-bond acceptors (Lipinski definition) is 0. The number of hydrogen-bond donors (Lipinski definition) is 0. The molecular formula is C9H10BrP. The molecule has 0 nitrogen and oxygen atoms in total. The molecule has 0 aromatic heterocycles. The molecule has 2 rings (SSSR count). The number of aryl methyl sites for hydroxylation is 1. The Morgan fingerprint density at radius 2 is 2.18 bits per heavy atom. The minimum atomic E-state index is 0.797. The highest BCUT2D eigenvalue weighted by Gasteiger charge is 2.20. The van der Waals surface area contributed by atoms with Crippen LogP contribution in [0.25, 0.3) is 0 Å². The quantitative estimate of drug-likeness (QED) is 0.644. The molecule has 0 bridgehead atoms. The van der Waals surface area contributed by atoms with Gasteiger partial charge in [-0.25, -0.2) is 0 Å². The summed E-state index contributed by atoms with van der Waals surface area (Å²) in [5, 5.41) is 0. The van der Waals surface area contributed by atoms with Crippen LogP contribution >= 0.6 is 22.8 Å². The zero-order valence-electron chi connectivity index (χ0n) is 6.18. The fraction of sp³-hybridized carbons (Fsp3) is 0.333. The van der Waals surface area contributed by atoms with Crippen LogP contribution in [-0.2, 0) is 6.42 Å². The first kappa shape index (κ1) is 7.76. The Morgan fingerprint density at radius 1 is 1.36 bits per heavy atom. The van der Waals surface area contributed by atoms with Crippen molar-refractivity contribution in [2.45, 2.75) is 18.5 Å². The summed E-state index contributed by atoms with van der Waals surface area (Å²) in [6, 6.07) is 8.80. The van der Waals surface area contributed by atoms with E-state index in [2.05, 4.69) is 39.8 Å². The fourth-order valence-electron chi connectivity index (χ4n) is 1.67. The van der Waals surface area contributed by atoms with Gasteiger partial charge in [0.1, 0.15) is 0 Å². The lowest BCUT2D eigenvalue weighted by Crippen LogP contribution is -1.81. The second-order valence-corrected chi connectivity index (χ2v) is 5.19. The molecule has 0 heterocycles. The van der Waals surface area contributed by atoms with Gasteiger partial charge in [-0.2, -0.15) is 0 Å². The third kappa shape index (κ3) is 1.37. The summed E-state index contributed by atoms with van der Waals surface area (Å²) in [5.41, 5.74) is 3.93. The zero-order valence-corrected chi connectivity index (χ0v) is 8.76. The van der Waals surface area contributed by atoms with Crippen molar-refractivity contribution in [2.75, 3.05) is 0 Å². The standard InChI is InChI=1S/C9H10BrP/c10-11-9-6-5-7-3-1-2-4-8(7)9/h1-4,9,11H,5-6H2. The summed E-state index contributed by atoms with van der Waals surface area (Å²) in [4.78, 5) is 0. The molecule has 1 aromatic rings. The number of benzene rings is 1. The largest absolute Gasteiger partial charge is 0.0636 e. The highest BCUT2D eigenvalue weighted by molar-refractivity contribution is 9.36. The lowest BCUT2D eigenvalue weighted by atomic mass is 10.1. The number of halogens is 1. The van der Waals surface area contributed by atoms with Crippen LogP contribution in [0.4, 0.5) is 0 Å². The van der Waals surface area contributed by atoms with E-state index in [1.54, 1.807) is 11.1 Å². The van der Waals surface area contributed by atoms with Crippen molar-refractivity contribution >= 4 is 22.8 Å². The van der Waals surface area contributed by atoms with E-state index in [0.29, 0.717) is 0 Å². The van der Waals surface area contributed by atoms with Crippen molar-refractivity contribution in [3.63, 3.8) is 0 Å². The highest BCUT2D eigenvalue weighted by atomic mass is 79.9. The summed E-state index contributed by atoms with van der Waals surface area (Å²) in [5.74, 6) is 0. The Labute approximate surface area is 76.9 Å². The van der Waals surface area contributed by atoms with Gasteiger partial charge >= 0.3 is 0 Å². The van der Waals surface area contributed by atoms with Crippen molar-refractivity contribution < 1.29 is 0 Å². The molecule has 0 spiro atoms.